The fraction of sp³-hybridized carbons (Fsp3) is 0.500. The fourth-order valence-electron chi connectivity index (χ4n) is 4.89. The van der Waals surface area contributed by atoms with Crippen LogP contribution in [-0.2, 0) is 13.0 Å². The molecule has 1 N–H and O–H groups in total. The first-order valence-corrected chi connectivity index (χ1v) is 10.6. The first kappa shape index (κ1) is 21.0. The van der Waals surface area contributed by atoms with Crippen LogP contribution in [0.4, 0.5) is 0 Å². The minimum Gasteiger partial charge on any atom is -0.496 e. The van der Waals surface area contributed by atoms with Gasteiger partial charge in [0.15, 0.2) is 11.5 Å². The molecule has 162 valence electrons. The highest BCUT2D eigenvalue weighted by molar-refractivity contribution is 5.50. The molecular formula is C24H32N2O4. The fourth-order valence-corrected chi connectivity index (χ4v) is 4.89. The minimum atomic E-state index is -0.219. The molecule has 0 radical (unpaired) electrons. The van der Waals surface area contributed by atoms with Crippen molar-refractivity contribution in [3.05, 3.63) is 53.6 Å². The van der Waals surface area contributed by atoms with Crippen LogP contribution in [-0.4, -0.2) is 74.1 Å². The lowest BCUT2D eigenvalue weighted by Crippen LogP contribution is -2.56. The van der Waals surface area contributed by atoms with E-state index in [1.807, 2.05) is 12.1 Å². The molecule has 6 nitrogen and oxygen atoms in total. The average Bonchev–Trinajstić information content (AvgIpc) is 3.13. The monoisotopic (exact) mass is 412 g/mol. The Morgan fingerprint density at radius 1 is 0.900 bits per heavy atom. The number of rotatable bonds is 7. The first-order chi connectivity index (χ1) is 14.6. The van der Waals surface area contributed by atoms with Gasteiger partial charge >= 0.3 is 0 Å². The van der Waals surface area contributed by atoms with Crippen molar-refractivity contribution in [3.63, 3.8) is 0 Å². The molecule has 0 amide bonds. The molecule has 0 bridgehead atoms. The number of nitrogens with zero attached hydrogens (tertiary/aromatic N) is 2. The molecule has 2 aromatic rings. The molecule has 0 unspecified atom stereocenters. The van der Waals surface area contributed by atoms with Crippen LogP contribution < -0.4 is 14.2 Å². The summed E-state index contributed by atoms with van der Waals surface area (Å²) in [6.07, 6.45) is 1.61. The van der Waals surface area contributed by atoms with E-state index in [4.69, 9.17) is 14.2 Å². The number of fused-ring (bicyclic) bond motifs is 1. The Balaban J connectivity index is 1.60. The number of hydrogen-bond donors (Lipinski definition) is 1. The van der Waals surface area contributed by atoms with Gasteiger partial charge in [0.2, 0.25) is 0 Å². The number of ether oxygens (including phenoxy) is 3. The second-order valence-electron chi connectivity index (χ2n) is 8.29. The maximum atomic E-state index is 10.2. The van der Waals surface area contributed by atoms with Crippen LogP contribution in [0, 0.1) is 0 Å². The molecule has 2 aromatic carbocycles. The summed E-state index contributed by atoms with van der Waals surface area (Å²) in [6, 6.07) is 15.3. The van der Waals surface area contributed by atoms with Gasteiger partial charge in [0.25, 0.3) is 0 Å². The number of piperazine rings is 1. The smallest absolute Gasteiger partial charge is 0.164 e. The average molecular weight is 413 g/mol. The number of benzene rings is 2. The van der Waals surface area contributed by atoms with Gasteiger partial charge in [-0.1, -0.05) is 30.3 Å². The largest absolute Gasteiger partial charge is 0.496 e. The Kier molecular flexibility index (Phi) is 6.46. The van der Waals surface area contributed by atoms with Gasteiger partial charge < -0.3 is 19.3 Å². The predicted octanol–water partition coefficient (Wildman–Crippen LogP) is 2.57. The van der Waals surface area contributed by atoms with Gasteiger partial charge in [-0.25, -0.2) is 0 Å². The van der Waals surface area contributed by atoms with Crippen LogP contribution in [0.1, 0.15) is 17.5 Å². The SMILES string of the molecule is COc1cc(OC)c(OC)cc1CN1C[C@@H]2C[C@@H](O)CN2C[C@H]1Cc1ccccc1. The third kappa shape index (κ3) is 4.41. The van der Waals surface area contributed by atoms with Gasteiger partial charge in [-0.2, -0.15) is 0 Å². The second kappa shape index (κ2) is 9.25. The summed E-state index contributed by atoms with van der Waals surface area (Å²) in [4.78, 5) is 5.00. The maximum absolute atomic E-state index is 10.2. The molecule has 0 aliphatic carbocycles. The van der Waals surface area contributed by atoms with Gasteiger partial charge in [-0.3, -0.25) is 9.80 Å². The summed E-state index contributed by atoms with van der Waals surface area (Å²) in [7, 11) is 4.99. The molecule has 2 heterocycles. The predicted molar refractivity (Wildman–Crippen MR) is 116 cm³/mol. The van der Waals surface area contributed by atoms with Crippen molar-refractivity contribution in [1.82, 2.24) is 9.80 Å². The molecule has 0 saturated carbocycles. The normalized spacial score (nSPS) is 24.5. The van der Waals surface area contributed by atoms with E-state index in [0.717, 1.165) is 50.3 Å². The molecule has 6 heteroatoms. The van der Waals surface area contributed by atoms with Crippen LogP contribution in [0.2, 0.25) is 0 Å². The van der Waals surface area contributed by atoms with Crippen molar-refractivity contribution >= 4 is 0 Å². The van der Waals surface area contributed by atoms with Crippen LogP contribution in [0.25, 0.3) is 0 Å². The Morgan fingerprint density at radius 2 is 1.60 bits per heavy atom. The maximum Gasteiger partial charge on any atom is 0.164 e. The third-order valence-corrected chi connectivity index (χ3v) is 6.39. The topological polar surface area (TPSA) is 54.4 Å². The molecule has 4 rings (SSSR count). The van der Waals surface area contributed by atoms with Gasteiger partial charge in [0, 0.05) is 49.9 Å². The summed E-state index contributed by atoms with van der Waals surface area (Å²) >= 11 is 0. The van der Waals surface area contributed by atoms with Crippen LogP contribution >= 0.6 is 0 Å². The highest BCUT2D eigenvalue weighted by atomic mass is 16.5. The molecule has 0 spiro atoms. The van der Waals surface area contributed by atoms with Crippen molar-refractivity contribution in [1.29, 1.82) is 0 Å². The van der Waals surface area contributed by atoms with Gasteiger partial charge in [-0.05, 0) is 24.5 Å². The lowest BCUT2D eigenvalue weighted by molar-refractivity contribution is 0.0440. The van der Waals surface area contributed by atoms with Gasteiger partial charge in [-0.15, -0.1) is 0 Å². The van der Waals surface area contributed by atoms with Crippen molar-refractivity contribution < 1.29 is 19.3 Å². The second-order valence-corrected chi connectivity index (χ2v) is 8.29. The van der Waals surface area contributed by atoms with E-state index in [1.165, 1.54) is 5.56 Å². The zero-order chi connectivity index (χ0) is 21.1. The Hall–Kier alpha value is -2.28. The molecule has 2 aliphatic rings. The van der Waals surface area contributed by atoms with E-state index in [-0.39, 0.29) is 6.10 Å². The third-order valence-electron chi connectivity index (χ3n) is 6.39. The lowest BCUT2D eigenvalue weighted by atomic mass is 9.98. The van der Waals surface area contributed by atoms with Gasteiger partial charge in [0.05, 0.1) is 27.4 Å². The zero-order valence-corrected chi connectivity index (χ0v) is 18.1. The summed E-state index contributed by atoms with van der Waals surface area (Å²) in [5, 5.41) is 10.2. The van der Waals surface area contributed by atoms with Gasteiger partial charge in [0.1, 0.15) is 5.75 Å². The quantitative estimate of drug-likeness (QED) is 0.755. The van der Waals surface area contributed by atoms with E-state index in [9.17, 15) is 5.11 Å². The Bertz CT molecular complexity index is 845. The minimum absolute atomic E-state index is 0.219. The van der Waals surface area contributed by atoms with Crippen molar-refractivity contribution in [2.75, 3.05) is 41.0 Å². The van der Waals surface area contributed by atoms with Crippen LogP contribution in [0.3, 0.4) is 0 Å². The standard InChI is InChI=1S/C24H32N2O4/c1-28-22-12-24(30-3)23(29-2)10-18(22)13-25-15-20-11-21(27)16-26(20)14-19(25)9-17-7-5-4-6-8-17/h4-8,10,12,19-21,27H,9,11,13-16H2,1-3H3/t19-,20+,21-/m1/s1. The highest BCUT2D eigenvalue weighted by Crippen LogP contribution is 2.36. The van der Waals surface area contributed by atoms with Crippen molar-refractivity contribution in [2.24, 2.45) is 0 Å². The zero-order valence-electron chi connectivity index (χ0n) is 18.1. The summed E-state index contributed by atoms with van der Waals surface area (Å²) in [6.45, 7) is 3.45. The lowest BCUT2D eigenvalue weighted by Gasteiger charge is -2.44. The number of aliphatic hydroxyl groups excluding tert-OH is 1. The molecule has 0 aromatic heterocycles. The Labute approximate surface area is 179 Å². The van der Waals surface area contributed by atoms with E-state index in [0.29, 0.717) is 23.6 Å². The van der Waals surface area contributed by atoms with E-state index in [2.05, 4.69) is 40.1 Å². The van der Waals surface area contributed by atoms with Crippen LogP contribution in [0.5, 0.6) is 17.2 Å². The number of methoxy groups -OCH3 is 3. The molecular weight excluding hydrogens is 380 g/mol. The number of hydrogen-bond acceptors (Lipinski definition) is 6. The summed E-state index contributed by atoms with van der Waals surface area (Å²) in [5.41, 5.74) is 2.42. The first-order valence-electron chi connectivity index (χ1n) is 10.6. The van der Waals surface area contributed by atoms with Crippen molar-refractivity contribution in [3.8, 4) is 17.2 Å². The Morgan fingerprint density at radius 3 is 2.30 bits per heavy atom. The molecule has 2 fully saturated rings. The summed E-state index contributed by atoms with van der Waals surface area (Å²) in [5.74, 6) is 2.19. The molecule has 2 aliphatic heterocycles. The van der Waals surface area contributed by atoms with E-state index < -0.39 is 0 Å². The molecule has 3 atom stereocenters. The number of aliphatic hydroxyl groups is 1. The molecule has 2 saturated heterocycles. The van der Waals surface area contributed by atoms with Crippen molar-refractivity contribution in [2.45, 2.75) is 37.6 Å². The highest BCUT2D eigenvalue weighted by Gasteiger charge is 2.39. The van der Waals surface area contributed by atoms with E-state index in [1.54, 1.807) is 21.3 Å². The van der Waals surface area contributed by atoms with Crippen LogP contribution in [0.15, 0.2) is 42.5 Å². The van der Waals surface area contributed by atoms with E-state index >= 15 is 0 Å². The molecule has 30 heavy (non-hydrogen) atoms. The summed E-state index contributed by atoms with van der Waals surface area (Å²) < 4.78 is 16.6.